The summed E-state index contributed by atoms with van der Waals surface area (Å²) in [4.78, 5) is 29.0. The lowest BCUT2D eigenvalue weighted by Gasteiger charge is -2.03. The fourth-order valence-corrected chi connectivity index (χ4v) is 2.37. The van der Waals surface area contributed by atoms with Crippen LogP contribution in [-0.4, -0.2) is 15.9 Å². The molecule has 1 heterocycles. The Labute approximate surface area is 119 Å². The standard InChI is InChI=1S/C13H14N4O2S/c14-17-12(19)7-9-1-3-10(4-2-9)8-20-13-15-6-5-11(18)16-13/h1-6H,7-8,14H2,(H,17,19)(H,15,16,18). The predicted octanol–water partition coefficient (Wildman–Crippen LogP) is 0.595. The number of aromatic amines is 1. The Morgan fingerprint density at radius 3 is 2.60 bits per heavy atom. The molecule has 1 aromatic carbocycles. The molecule has 0 spiro atoms. The third kappa shape index (κ3) is 4.22. The van der Waals surface area contributed by atoms with Gasteiger partial charge < -0.3 is 4.98 Å². The van der Waals surface area contributed by atoms with Crippen LogP contribution >= 0.6 is 11.8 Å². The zero-order valence-corrected chi connectivity index (χ0v) is 11.4. The summed E-state index contributed by atoms with van der Waals surface area (Å²) in [6.45, 7) is 0. The van der Waals surface area contributed by atoms with Gasteiger partial charge >= 0.3 is 0 Å². The number of benzene rings is 1. The Morgan fingerprint density at radius 2 is 1.95 bits per heavy atom. The van der Waals surface area contributed by atoms with Crippen LogP contribution in [0.15, 0.2) is 46.5 Å². The molecular weight excluding hydrogens is 276 g/mol. The third-order valence-corrected chi connectivity index (χ3v) is 3.53. The van der Waals surface area contributed by atoms with Crippen LogP contribution in [0, 0.1) is 0 Å². The Kier molecular flexibility index (Phi) is 4.91. The van der Waals surface area contributed by atoms with Gasteiger partial charge in [-0.1, -0.05) is 36.0 Å². The van der Waals surface area contributed by atoms with E-state index in [9.17, 15) is 9.59 Å². The van der Waals surface area contributed by atoms with Crippen molar-refractivity contribution in [1.29, 1.82) is 0 Å². The third-order valence-electron chi connectivity index (χ3n) is 2.57. The summed E-state index contributed by atoms with van der Waals surface area (Å²) in [5, 5.41) is 0.587. The largest absolute Gasteiger partial charge is 0.301 e. The number of thioether (sulfide) groups is 1. The number of aromatic nitrogens is 2. The maximum absolute atomic E-state index is 11.1. The Hall–Kier alpha value is -2.12. The van der Waals surface area contributed by atoms with Gasteiger partial charge in [-0.05, 0) is 11.1 Å². The van der Waals surface area contributed by atoms with E-state index in [1.54, 1.807) is 0 Å². The molecule has 0 bridgehead atoms. The molecule has 0 fully saturated rings. The molecule has 0 saturated heterocycles. The van der Waals surface area contributed by atoms with Crippen LogP contribution < -0.4 is 16.8 Å². The van der Waals surface area contributed by atoms with Gasteiger partial charge in [-0.2, -0.15) is 0 Å². The monoisotopic (exact) mass is 290 g/mol. The van der Waals surface area contributed by atoms with Crippen molar-refractivity contribution in [2.24, 2.45) is 5.84 Å². The molecule has 104 valence electrons. The van der Waals surface area contributed by atoms with Crippen molar-refractivity contribution in [2.75, 3.05) is 0 Å². The number of hydrogen-bond acceptors (Lipinski definition) is 5. The van der Waals surface area contributed by atoms with Crippen LogP contribution in [0.4, 0.5) is 0 Å². The number of carbonyl (C=O) groups is 1. The highest BCUT2D eigenvalue weighted by Gasteiger charge is 2.02. The van der Waals surface area contributed by atoms with Crippen molar-refractivity contribution < 1.29 is 4.79 Å². The molecule has 1 aromatic heterocycles. The van der Waals surface area contributed by atoms with E-state index in [1.165, 1.54) is 24.0 Å². The number of rotatable bonds is 5. The van der Waals surface area contributed by atoms with Crippen molar-refractivity contribution in [3.05, 3.63) is 58.0 Å². The highest BCUT2D eigenvalue weighted by Crippen LogP contribution is 2.18. The predicted molar refractivity (Wildman–Crippen MR) is 76.9 cm³/mol. The van der Waals surface area contributed by atoms with E-state index in [0.29, 0.717) is 10.9 Å². The fraction of sp³-hybridized carbons (Fsp3) is 0.154. The number of nitrogens with two attached hydrogens (primary N) is 1. The Bertz CT molecular complexity index is 639. The summed E-state index contributed by atoms with van der Waals surface area (Å²) < 4.78 is 0. The smallest absolute Gasteiger partial charge is 0.251 e. The van der Waals surface area contributed by atoms with Gasteiger partial charge in [0.05, 0.1) is 6.42 Å². The van der Waals surface area contributed by atoms with Crippen LogP contribution in [0.5, 0.6) is 0 Å². The average Bonchev–Trinajstić information content (AvgIpc) is 2.46. The molecule has 0 unspecified atom stereocenters. The average molecular weight is 290 g/mol. The normalized spacial score (nSPS) is 10.2. The maximum Gasteiger partial charge on any atom is 0.251 e. The molecule has 0 aliphatic carbocycles. The molecule has 2 rings (SSSR count). The first kappa shape index (κ1) is 14.3. The van der Waals surface area contributed by atoms with Crippen LogP contribution in [0.1, 0.15) is 11.1 Å². The number of nitrogens with zero attached hydrogens (tertiary/aromatic N) is 1. The van der Waals surface area contributed by atoms with Gasteiger partial charge in [-0.25, -0.2) is 10.8 Å². The minimum Gasteiger partial charge on any atom is -0.301 e. The van der Waals surface area contributed by atoms with Gasteiger partial charge in [0, 0.05) is 18.0 Å². The molecule has 0 radical (unpaired) electrons. The van der Waals surface area contributed by atoms with Gasteiger partial charge in [0.25, 0.3) is 5.56 Å². The van der Waals surface area contributed by atoms with Crippen molar-refractivity contribution in [3.8, 4) is 0 Å². The van der Waals surface area contributed by atoms with E-state index in [0.717, 1.165) is 11.1 Å². The fourth-order valence-electron chi connectivity index (χ4n) is 1.57. The second-order valence-corrected chi connectivity index (χ2v) is 5.05. The molecule has 0 aliphatic rings. The van der Waals surface area contributed by atoms with Crippen LogP contribution in [0.3, 0.4) is 0 Å². The highest BCUT2D eigenvalue weighted by molar-refractivity contribution is 7.98. The van der Waals surface area contributed by atoms with E-state index in [2.05, 4.69) is 15.4 Å². The lowest BCUT2D eigenvalue weighted by atomic mass is 10.1. The second-order valence-electron chi connectivity index (χ2n) is 4.09. The summed E-state index contributed by atoms with van der Waals surface area (Å²) in [5.74, 6) is 5.50. The summed E-state index contributed by atoms with van der Waals surface area (Å²) in [5.41, 5.74) is 3.91. The van der Waals surface area contributed by atoms with E-state index < -0.39 is 0 Å². The molecule has 1 amide bonds. The van der Waals surface area contributed by atoms with E-state index >= 15 is 0 Å². The van der Waals surface area contributed by atoms with Crippen molar-refractivity contribution in [3.63, 3.8) is 0 Å². The lowest BCUT2D eigenvalue weighted by Crippen LogP contribution is -2.31. The molecule has 0 atom stereocenters. The van der Waals surface area contributed by atoms with Gasteiger partial charge in [-0.3, -0.25) is 15.0 Å². The highest BCUT2D eigenvalue weighted by atomic mass is 32.2. The zero-order valence-electron chi connectivity index (χ0n) is 10.6. The van der Waals surface area contributed by atoms with Gasteiger partial charge in [-0.15, -0.1) is 0 Å². The molecule has 2 aromatic rings. The SMILES string of the molecule is NNC(=O)Cc1ccc(CSc2nccc(=O)[nH]2)cc1. The number of carbonyl (C=O) groups excluding carboxylic acids is 1. The number of amides is 1. The summed E-state index contributed by atoms with van der Waals surface area (Å²) >= 11 is 1.45. The first-order valence-corrected chi connectivity index (χ1v) is 6.91. The summed E-state index contributed by atoms with van der Waals surface area (Å²) in [6, 6.07) is 9.01. The Balaban J connectivity index is 1.94. The first-order chi connectivity index (χ1) is 9.67. The molecule has 20 heavy (non-hydrogen) atoms. The molecule has 6 nitrogen and oxygen atoms in total. The topological polar surface area (TPSA) is 101 Å². The van der Waals surface area contributed by atoms with E-state index in [1.807, 2.05) is 24.3 Å². The van der Waals surface area contributed by atoms with Gasteiger partial charge in [0.2, 0.25) is 5.91 Å². The lowest BCUT2D eigenvalue weighted by molar-refractivity contribution is -0.120. The van der Waals surface area contributed by atoms with Gasteiger partial charge in [0.1, 0.15) is 0 Å². The minimum atomic E-state index is -0.224. The van der Waals surface area contributed by atoms with Gasteiger partial charge in [0.15, 0.2) is 5.16 Å². The molecular formula is C13H14N4O2S. The molecule has 7 heteroatoms. The Morgan fingerprint density at radius 1 is 1.25 bits per heavy atom. The minimum absolute atomic E-state index is 0.161. The van der Waals surface area contributed by atoms with E-state index in [4.69, 9.17) is 5.84 Å². The van der Waals surface area contributed by atoms with Crippen LogP contribution in [-0.2, 0) is 17.0 Å². The van der Waals surface area contributed by atoms with Crippen molar-refractivity contribution in [1.82, 2.24) is 15.4 Å². The number of nitrogens with one attached hydrogen (secondary N) is 2. The first-order valence-electron chi connectivity index (χ1n) is 5.93. The maximum atomic E-state index is 11.1. The number of H-pyrrole nitrogens is 1. The second kappa shape index (κ2) is 6.88. The zero-order chi connectivity index (χ0) is 14.4. The van der Waals surface area contributed by atoms with Crippen LogP contribution in [0.25, 0.3) is 0 Å². The molecule has 0 saturated carbocycles. The number of hydrazine groups is 1. The van der Waals surface area contributed by atoms with Crippen molar-refractivity contribution in [2.45, 2.75) is 17.3 Å². The summed E-state index contributed by atoms with van der Waals surface area (Å²) in [6.07, 6.45) is 1.74. The molecule has 0 aliphatic heterocycles. The quantitative estimate of drug-likeness (QED) is 0.246. The van der Waals surface area contributed by atoms with Crippen molar-refractivity contribution >= 4 is 17.7 Å². The van der Waals surface area contributed by atoms with E-state index in [-0.39, 0.29) is 17.9 Å². The molecule has 4 N–H and O–H groups in total. The van der Waals surface area contributed by atoms with Crippen LogP contribution in [0.2, 0.25) is 0 Å². The summed E-state index contributed by atoms with van der Waals surface area (Å²) in [7, 11) is 0. The number of hydrogen-bond donors (Lipinski definition) is 3.